The van der Waals surface area contributed by atoms with Crippen molar-refractivity contribution in [3.63, 3.8) is 0 Å². The van der Waals surface area contributed by atoms with E-state index in [0.717, 1.165) is 6.21 Å². The number of rotatable bonds is 5. The Morgan fingerprint density at radius 2 is 2.11 bits per heavy atom. The molecule has 0 aromatic heterocycles. The maximum Gasteiger partial charge on any atom is 0.265 e. The normalized spacial score (nSPS) is 11.4. The standard InChI is InChI=1S/C11H12N4O3/c12-6-10(15(17)18)7-13-8-11(16)14-9-4-2-1-3-5-9/h1-7H,8H2,(H3,12,13,14,16)/p-1. The Morgan fingerprint density at radius 3 is 2.67 bits per heavy atom. The predicted octanol–water partition coefficient (Wildman–Crippen LogP) is 1.87. The van der Waals surface area contributed by atoms with E-state index < -0.39 is 10.6 Å². The highest BCUT2D eigenvalue weighted by molar-refractivity contribution is 5.93. The van der Waals surface area contributed by atoms with E-state index in [2.05, 4.69) is 10.3 Å². The first-order valence-electron chi connectivity index (χ1n) is 5.00. The van der Waals surface area contributed by atoms with Crippen LogP contribution in [0.2, 0.25) is 0 Å². The number of nitro groups is 1. The van der Waals surface area contributed by atoms with Crippen LogP contribution in [0.5, 0.6) is 0 Å². The lowest BCUT2D eigenvalue weighted by Crippen LogP contribution is -2.15. The molecule has 0 spiro atoms. The third kappa shape index (κ3) is 4.44. The largest absolute Gasteiger partial charge is 0.699 e. The first-order chi connectivity index (χ1) is 8.63. The number of nitrogens with zero attached hydrogens (tertiary/aromatic N) is 2. The van der Waals surface area contributed by atoms with Gasteiger partial charge in [-0.05, 0) is 12.1 Å². The van der Waals surface area contributed by atoms with Gasteiger partial charge in [0.2, 0.25) is 5.91 Å². The number of anilines is 1. The molecule has 0 fully saturated rings. The van der Waals surface area contributed by atoms with Crippen LogP contribution in [0.1, 0.15) is 0 Å². The van der Waals surface area contributed by atoms with E-state index in [4.69, 9.17) is 5.73 Å². The summed E-state index contributed by atoms with van der Waals surface area (Å²) in [7, 11) is 0. The molecule has 1 amide bonds. The third-order valence-electron chi connectivity index (χ3n) is 1.87. The SMILES string of the molecule is [NH-]C=C(C=NCC(=O)Nc1ccccc1)[N+](=O)[O-]. The topological polar surface area (TPSA) is 108 Å². The van der Waals surface area contributed by atoms with Gasteiger partial charge < -0.3 is 11.1 Å². The van der Waals surface area contributed by atoms with Crippen LogP contribution in [-0.4, -0.2) is 23.6 Å². The van der Waals surface area contributed by atoms with Crippen molar-refractivity contribution in [1.82, 2.24) is 0 Å². The molecule has 7 heteroatoms. The van der Waals surface area contributed by atoms with Gasteiger partial charge in [0.05, 0.1) is 11.1 Å². The van der Waals surface area contributed by atoms with E-state index in [-0.39, 0.29) is 12.5 Å². The summed E-state index contributed by atoms with van der Waals surface area (Å²) < 4.78 is 0. The number of hydrogen-bond donors (Lipinski definition) is 1. The molecule has 0 bridgehead atoms. The number of carbonyl (C=O) groups is 1. The van der Waals surface area contributed by atoms with Crippen LogP contribution < -0.4 is 5.32 Å². The number of aliphatic imine (C=N–C) groups is 1. The van der Waals surface area contributed by atoms with Gasteiger partial charge in [-0.15, -0.1) is 0 Å². The molecule has 0 saturated carbocycles. The number of nitrogens with one attached hydrogen (secondary N) is 2. The molecule has 0 atom stereocenters. The van der Waals surface area contributed by atoms with Gasteiger partial charge in [-0.3, -0.25) is 19.9 Å². The molecule has 1 aromatic rings. The Balaban J connectivity index is 2.47. The van der Waals surface area contributed by atoms with Crippen molar-refractivity contribution >= 4 is 17.8 Å². The van der Waals surface area contributed by atoms with Gasteiger partial charge in [0.1, 0.15) is 6.54 Å². The Morgan fingerprint density at radius 1 is 1.44 bits per heavy atom. The molecular formula is C11H11N4O3-. The van der Waals surface area contributed by atoms with Gasteiger partial charge in [-0.25, -0.2) is 0 Å². The first-order valence-corrected chi connectivity index (χ1v) is 5.00. The van der Waals surface area contributed by atoms with Crippen LogP contribution in [0.15, 0.2) is 47.2 Å². The molecule has 18 heavy (non-hydrogen) atoms. The van der Waals surface area contributed by atoms with E-state index in [0.29, 0.717) is 11.9 Å². The average Bonchev–Trinajstić information content (AvgIpc) is 2.35. The van der Waals surface area contributed by atoms with Gasteiger partial charge in [0.25, 0.3) is 5.70 Å². The molecule has 0 saturated heterocycles. The smallest absolute Gasteiger partial charge is 0.265 e. The van der Waals surface area contributed by atoms with Gasteiger partial charge in [-0.2, -0.15) is 0 Å². The number of para-hydroxylation sites is 1. The summed E-state index contributed by atoms with van der Waals surface area (Å²) in [6, 6.07) is 8.79. The lowest BCUT2D eigenvalue weighted by atomic mass is 10.3. The predicted molar refractivity (Wildman–Crippen MR) is 67.8 cm³/mol. The number of hydrogen-bond acceptors (Lipinski definition) is 4. The molecule has 0 heterocycles. The fourth-order valence-electron chi connectivity index (χ4n) is 1.08. The zero-order valence-electron chi connectivity index (χ0n) is 9.37. The molecule has 0 unspecified atom stereocenters. The molecule has 0 aliphatic heterocycles. The molecule has 1 aromatic carbocycles. The van der Waals surface area contributed by atoms with Gasteiger partial charge in [0.15, 0.2) is 0 Å². The summed E-state index contributed by atoms with van der Waals surface area (Å²) in [6.07, 6.45) is 1.45. The molecule has 7 nitrogen and oxygen atoms in total. The summed E-state index contributed by atoms with van der Waals surface area (Å²) >= 11 is 0. The van der Waals surface area contributed by atoms with Crippen molar-refractivity contribution < 1.29 is 9.72 Å². The second-order valence-electron chi connectivity index (χ2n) is 3.21. The Kier molecular flexibility index (Phi) is 5.04. The molecule has 0 aliphatic rings. The maximum atomic E-state index is 11.4. The van der Waals surface area contributed by atoms with Gasteiger partial charge >= 0.3 is 0 Å². The second kappa shape index (κ2) is 6.79. The molecule has 94 valence electrons. The van der Waals surface area contributed by atoms with Crippen molar-refractivity contribution in [2.75, 3.05) is 11.9 Å². The zero-order valence-corrected chi connectivity index (χ0v) is 9.37. The first kappa shape index (κ1) is 13.4. The van der Waals surface area contributed by atoms with Crippen LogP contribution in [0.4, 0.5) is 5.69 Å². The number of benzene rings is 1. The van der Waals surface area contributed by atoms with Gasteiger partial charge in [-0.1, -0.05) is 24.4 Å². The highest BCUT2D eigenvalue weighted by Crippen LogP contribution is 2.04. The Hall–Kier alpha value is -2.70. The zero-order chi connectivity index (χ0) is 13.4. The van der Waals surface area contributed by atoms with E-state index in [9.17, 15) is 14.9 Å². The minimum atomic E-state index is -0.744. The van der Waals surface area contributed by atoms with Crippen molar-refractivity contribution in [3.05, 3.63) is 58.1 Å². The van der Waals surface area contributed by atoms with Crippen LogP contribution in [0, 0.1) is 10.1 Å². The monoisotopic (exact) mass is 247 g/mol. The Bertz CT molecular complexity index is 482. The minimum Gasteiger partial charge on any atom is -0.699 e. The van der Waals surface area contributed by atoms with Crippen LogP contribution in [0.3, 0.4) is 0 Å². The van der Waals surface area contributed by atoms with Crippen molar-refractivity contribution in [3.8, 4) is 0 Å². The summed E-state index contributed by atoms with van der Waals surface area (Å²) in [4.78, 5) is 24.6. The van der Waals surface area contributed by atoms with E-state index >= 15 is 0 Å². The van der Waals surface area contributed by atoms with E-state index in [1.54, 1.807) is 24.3 Å². The Labute approximate surface area is 103 Å². The van der Waals surface area contributed by atoms with Crippen LogP contribution >= 0.6 is 0 Å². The van der Waals surface area contributed by atoms with Crippen molar-refractivity contribution in [1.29, 1.82) is 0 Å². The maximum absolute atomic E-state index is 11.4. The summed E-state index contributed by atoms with van der Waals surface area (Å²) in [5.74, 6) is -0.384. The number of allylic oxidation sites excluding steroid dienone is 1. The summed E-state index contributed by atoms with van der Waals surface area (Å²) in [5.41, 5.74) is 6.92. The van der Waals surface area contributed by atoms with E-state index in [1.165, 1.54) is 0 Å². The van der Waals surface area contributed by atoms with Crippen LogP contribution in [-0.2, 0) is 4.79 Å². The fraction of sp³-hybridized carbons (Fsp3) is 0.0909. The fourth-order valence-corrected chi connectivity index (χ4v) is 1.08. The minimum absolute atomic E-state index is 0.236. The highest BCUT2D eigenvalue weighted by atomic mass is 16.6. The third-order valence-corrected chi connectivity index (χ3v) is 1.87. The van der Waals surface area contributed by atoms with Gasteiger partial charge in [0, 0.05) is 5.69 Å². The summed E-state index contributed by atoms with van der Waals surface area (Å²) in [5, 5.41) is 12.9. The average molecular weight is 247 g/mol. The lowest BCUT2D eigenvalue weighted by molar-refractivity contribution is -0.414. The highest BCUT2D eigenvalue weighted by Gasteiger charge is 2.03. The lowest BCUT2D eigenvalue weighted by Gasteiger charge is -2.01. The molecule has 0 radical (unpaired) electrons. The molecular weight excluding hydrogens is 236 g/mol. The quantitative estimate of drug-likeness (QED) is 0.487. The van der Waals surface area contributed by atoms with Crippen LogP contribution in [0.25, 0.3) is 5.73 Å². The molecule has 0 aliphatic carbocycles. The second-order valence-corrected chi connectivity index (χ2v) is 3.21. The van der Waals surface area contributed by atoms with E-state index in [1.807, 2.05) is 6.07 Å². The van der Waals surface area contributed by atoms with Crippen molar-refractivity contribution in [2.45, 2.75) is 0 Å². The number of carbonyl (C=O) groups excluding carboxylic acids is 1. The summed E-state index contributed by atoms with van der Waals surface area (Å²) in [6.45, 7) is -0.236. The molecule has 2 N–H and O–H groups in total. The van der Waals surface area contributed by atoms with Crippen molar-refractivity contribution in [2.24, 2.45) is 4.99 Å². The number of amides is 1. The molecule has 1 rings (SSSR count).